The van der Waals surface area contributed by atoms with Gasteiger partial charge in [-0.3, -0.25) is 4.79 Å². The lowest BCUT2D eigenvalue weighted by Crippen LogP contribution is -2.41. The number of cyclic esters (lactones) is 2. The number of ether oxygens (including phenoxy) is 3. The highest BCUT2D eigenvalue weighted by molar-refractivity contribution is 6.19. The summed E-state index contributed by atoms with van der Waals surface area (Å²) in [6, 6.07) is 4.67. The molecule has 1 aliphatic heterocycles. The molecule has 0 saturated carbocycles. The van der Waals surface area contributed by atoms with Gasteiger partial charge in [0.15, 0.2) is 0 Å². The largest absolute Gasteiger partial charge is 0.496 e. The molecule has 0 spiro atoms. The van der Waals surface area contributed by atoms with Crippen LogP contribution in [-0.4, -0.2) is 35.9 Å². The molecule has 1 fully saturated rings. The molecule has 1 aromatic carbocycles. The third-order valence-electron chi connectivity index (χ3n) is 3.07. The molecule has 23 heavy (non-hydrogen) atoms. The number of benzene rings is 1. The average molecular weight is 320 g/mol. The molecule has 0 aromatic heterocycles. The van der Waals surface area contributed by atoms with Crippen LogP contribution in [-0.2, 0) is 30.3 Å². The number of carboxylic acid groups (broad SMARTS) is 1. The number of hydrogen-bond donors (Lipinski definition) is 1. The number of hydrogen-bond acceptors (Lipinski definition) is 6. The van der Waals surface area contributed by atoms with Gasteiger partial charge >= 0.3 is 17.9 Å². The number of carbonyl (C=O) groups excluding carboxylic acids is 2. The van der Waals surface area contributed by atoms with Crippen molar-refractivity contribution in [1.29, 1.82) is 0 Å². The normalized spacial score (nSPS) is 16.4. The van der Waals surface area contributed by atoms with E-state index < -0.39 is 23.7 Å². The molecule has 7 heteroatoms. The highest BCUT2D eigenvalue weighted by Crippen LogP contribution is 2.28. The summed E-state index contributed by atoms with van der Waals surface area (Å²) in [7, 11) is 1.41. The molecule has 0 aliphatic carbocycles. The van der Waals surface area contributed by atoms with E-state index in [1.807, 2.05) is 0 Å². The van der Waals surface area contributed by atoms with Crippen LogP contribution in [0.15, 0.2) is 23.8 Å². The summed E-state index contributed by atoms with van der Waals surface area (Å²) in [5.74, 6) is -3.52. The zero-order valence-electron chi connectivity index (χ0n) is 12.9. The number of carbonyl (C=O) groups is 3. The molecule has 0 radical (unpaired) electrons. The van der Waals surface area contributed by atoms with E-state index in [4.69, 9.17) is 19.3 Å². The zero-order chi connectivity index (χ0) is 17.2. The van der Waals surface area contributed by atoms with Crippen LogP contribution in [0.1, 0.15) is 25.0 Å². The van der Waals surface area contributed by atoms with Crippen LogP contribution in [0.5, 0.6) is 5.75 Å². The zero-order valence-corrected chi connectivity index (χ0v) is 12.9. The summed E-state index contributed by atoms with van der Waals surface area (Å²) in [5, 5.41) is 8.80. The quantitative estimate of drug-likeness (QED) is 0.510. The molecule has 0 unspecified atom stereocenters. The van der Waals surface area contributed by atoms with Crippen LogP contribution in [0.2, 0.25) is 0 Å². The molecular formula is C16H16O7. The van der Waals surface area contributed by atoms with Crippen LogP contribution in [0, 0.1) is 0 Å². The molecular weight excluding hydrogens is 304 g/mol. The van der Waals surface area contributed by atoms with Crippen LogP contribution in [0.25, 0.3) is 6.08 Å². The topological polar surface area (TPSA) is 99.1 Å². The fraction of sp³-hybridized carbons (Fsp3) is 0.312. The van der Waals surface area contributed by atoms with Crippen molar-refractivity contribution in [3.05, 3.63) is 34.9 Å². The fourth-order valence-electron chi connectivity index (χ4n) is 2.09. The lowest BCUT2D eigenvalue weighted by Gasteiger charge is -2.29. The smallest absolute Gasteiger partial charge is 0.348 e. The molecule has 1 heterocycles. The first-order valence-electron chi connectivity index (χ1n) is 6.79. The number of esters is 2. The van der Waals surface area contributed by atoms with Crippen LogP contribution in [0.3, 0.4) is 0 Å². The van der Waals surface area contributed by atoms with Crippen molar-refractivity contribution in [2.75, 3.05) is 7.11 Å². The van der Waals surface area contributed by atoms with Crippen molar-refractivity contribution in [1.82, 2.24) is 0 Å². The standard InChI is InChI=1S/C16H16O7/c1-16(2)22-14(19)11(15(20)23-16)8-10-5-4-9(7-13(17)18)6-12(10)21-3/h4-6,8H,7H2,1-3H3,(H,17,18). The van der Waals surface area contributed by atoms with Crippen molar-refractivity contribution in [3.63, 3.8) is 0 Å². The molecule has 1 aliphatic rings. The minimum absolute atomic E-state index is 0.161. The molecule has 7 nitrogen and oxygen atoms in total. The molecule has 0 atom stereocenters. The minimum Gasteiger partial charge on any atom is -0.496 e. The Balaban J connectivity index is 2.36. The van der Waals surface area contributed by atoms with E-state index in [0.29, 0.717) is 16.9 Å². The van der Waals surface area contributed by atoms with Crippen LogP contribution >= 0.6 is 0 Å². The van der Waals surface area contributed by atoms with E-state index in [2.05, 4.69) is 0 Å². The maximum Gasteiger partial charge on any atom is 0.348 e. The summed E-state index contributed by atoms with van der Waals surface area (Å²) >= 11 is 0. The Labute approximate surface area is 132 Å². The molecule has 2 rings (SSSR count). The highest BCUT2D eigenvalue weighted by atomic mass is 16.7. The minimum atomic E-state index is -1.30. The van der Waals surface area contributed by atoms with Gasteiger partial charge in [-0.05, 0) is 17.7 Å². The van der Waals surface area contributed by atoms with E-state index in [1.54, 1.807) is 12.1 Å². The number of carboxylic acids is 1. The molecule has 122 valence electrons. The first-order valence-corrected chi connectivity index (χ1v) is 6.79. The second kappa shape index (κ2) is 6.12. The van der Waals surface area contributed by atoms with Gasteiger partial charge in [-0.25, -0.2) is 9.59 Å². The lowest BCUT2D eigenvalue weighted by molar-refractivity contribution is -0.222. The Hall–Kier alpha value is -2.83. The van der Waals surface area contributed by atoms with Crippen LogP contribution < -0.4 is 4.74 Å². The highest BCUT2D eigenvalue weighted by Gasteiger charge is 2.38. The predicted molar refractivity (Wildman–Crippen MR) is 78.6 cm³/mol. The monoisotopic (exact) mass is 320 g/mol. The Morgan fingerprint density at radius 1 is 1.26 bits per heavy atom. The Bertz CT molecular complexity index is 678. The fourth-order valence-corrected chi connectivity index (χ4v) is 2.09. The van der Waals surface area contributed by atoms with Crippen molar-refractivity contribution >= 4 is 24.0 Å². The lowest BCUT2D eigenvalue weighted by atomic mass is 10.0. The Morgan fingerprint density at radius 2 is 1.87 bits per heavy atom. The van der Waals surface area contributed by atoms with E-state index in [1.165, 1.54) is 33.1 Å². The van der Waals surface area contributed by atoms with Gasteiger partial charge < -0.3 is 19.3 Å². The van der Waals surface area contributed by atoms with Gasteiger partial charge in [0.2, 0.25) is 0 Å². The predicted octanol–water partition coefficient (Wildman–Crippen LogP) is 1.54. The van der Waals surface area contributed by atoms with Gasteiger partial charge in [0, 0.05) is 19.4 Å². The van der Waals surface area contributed by atoms with Crippen LogP contribution in [0.4, 0.5) is 0 Å². The van der Waals surface area contributed by atoms with E-state index in [9.17, 15) is 14.4 Å². The molecule has 1 saturated heterocycles. The van der Waals surface area contributed by atoms with Crippen molar-refractivity contribution < 1.29 is 33.7 Å². The van der Waals surface area contributed by atoms with Gasteiger partial charge in [0.1, 0.15) is 11.3 Å². The first kappa shape index (κ1) is 16.5. The Morgan fingerprint density at radius 3 is 2.39 bits per heavy atom. The molecule has 1 N–H and O–H groups in total. The second-order valence-corrected chi connectivity index (χ2v) is 5.38. The maximum atomic E-state index is 11.9. The summed E-state index contributed by atoms with van der Waals surface area (Å²) < 4.78 is 15.2. The van der Waals surface area contributed by atoms with Crippen molar-refractivity contribution in [2.24, 2.45) is 0 Å². The molecule has 0 bridgehead atoms. The average Bonchev–Trinajstić information content (AvgIpc) is 2.42. The Kier molecular flexibility index (Phi) is 4.40. The van der Waals surface area contributed by atoms with E-state index in [-0.39, 0.29) is 12.0 Å². The molecule has 0 amide bonds. The van der Waals surface area contributed by atoms with Gasteiger partial charge in [-0.2, -0.15) is 0 Å². The van der Waals surface area contributed by atoms with Gasteiger partial charge in [-0.1, -0.05) is 12.1 Å². The van der Waals surface area contributed by atoms with E-state index in [0.717, 1.165) is 0 Å². The third kappa shape index (κ3) is 3.88. The van der Waals surface area contributed by atoms with Gasteiger partial charge in [0.25, 0.3) is 5.79 Å². The second-order valence-electron chi connectivity index (χ2n) is 5.38. The van der Waals surface area contributed by atoms with Crippen molar-refractivity contribution in [3.8, 4) is 5.75 Å². The summed E-state index contributed by atoms with van der Waals surface area (Å²) in [6.07, 6.45) is 1.13. The maximum absolute atomic E-state index is 11.9. The van der Waals surface area contributed by atoms with Gasteiger partial charge in [0.05, 0.1) is 13.5 Å². The molecule has 1 aromatic rings. The van der Waals surface area contributed by atoms with Crippen molar-refractivity contribution in [2.45, 2.75) is 26.1 Å². The summed E-state index contributed by atoms with van der Waals surface area (Å²) in [4.78, 5) is 34.6. The number of methoxy groups -OCH3 is 1. The number of aliphatic carboxylic acids is 1. The van der Waals surface area contributed by atoms with E-state index >= 15 is 0 Å². The number of rotatable bonds is 4. The third-order valence-corrected chi connectivity index (χ3v) is 3.07. The SMILES string of the molecule is COc1cc(CC(=O)O)ccc1C=C1C(=O)OC(C)(C)OC1=O. The summed E-state index contributed by atoms with van der Waals surface area (Å²) in [6.45, 7) is 2.92. The first-order chi connectivity index (χ1) is 10.7. The van der Waals surface area contributed by atoms with Gasteiger partial charge in [-0.15, -0.1) is 0 Å². The summed E-state index contributed by atoms with van der Waals surface area (Å²) in [5.41, 5.74) is 0.713.